The number of halogens is 4. The molecule has 1 aliphatic heterocycles. The van der Waals surface area contributed by atoms with Crippen LogP contribution < -0.4 is 10.6 Å². The van der Waals surface area contributed by atoms with Crippen molar-refractivity contribution in [3.63, 3.8) is 0 Å². The van der Waals surface area contributed by atoms with Gasteiger partial charge in [-0.25, -0.2) is 0 Å². The molecule has 0 aromatic heterocycles. The number of rotatable bonds is 6. The van der Waals surface area contributed by atoms with Crippen LogP contribution in [-0.4, -0.2) is 41.5 Å². The molecule has 0 fully saturated rings. The van der Waals surface area contributed by atoms with Crippen molar-refractivity contribution in [1.29, 1.82) is 0 Å². The van der Waals surface area contributed by atoms with Crippen LogP contribution in [0.15, 0.2) is 36.4 Å². The van der Waals surface area contributed by atoms with E-state index in [2.05, 4.69) is 10.6 Å². The molecule has 2 amide bonds. The van der Waals surface area contributed by atoms with Gasteiger partial charge in [-0.3, -0.25) is 9.59 Å². The van der Waals surface area contributed by atoms with Crippen LogP contribution in [0.3, 0.4) is 0 Å². The molecule has 0 atom stereocenters. The van der Waals surface area contributed by atoms with Gasteiger partial charge in [0.15, 0.2) is 0 Å². The van der Waals surface area contributed by atoms with Gasteiger partial charge in [-0.2, -0.15) is 13.2 Å². The zero-order valence-corrected chi connectivity index (χ0v) is 20.9. The molecule has 0 saturated carbocycles. The molecule has 1 heterocycles. The van der Waals surface area contributed by atoms with Gasteiger partial charge < -0.3 is 15.5 Å². The lowest BCUT2D eigenvalue weighted by Crippen LogP contribution is -2.42. The van der Waals surface area contributed by atoms with Gasteiger partial charge >= 0.3 is 12.1 Å². The molecule has 5 nitrogen and oxygen atoms in total. The van der Waals surface area contributed by atoms with Crippen LogP contribution in [0.4, 0.5) is 18.9 Å². The number of fused-ring (bicyclic) bond motifs is 1. The van der Waals surface area contributed by atoms with Gasteiger partial charge in [0.1, 0.15) is 0 Å². The third-order valence-corrected chi connectivity index (χ3v) is 6.13. The van der Waals surface area contributed by atoms with Crippen molar-refractivity contribution < 1.29 is 22.8 Å². The standard InChI is InChI=1S/C26H31ClF3N3O2/c1-25(2,3)32-22(34)11-8-17-4-6-18(7-5-17)16-31-23-20-13-15-33(24(35)26(28,29)30)14-12-19(20)9-10-21(23)27/h4-7,9-10,31H,8,11-16H2,1-3H3,(H,32,34). The Hall–Kier alpha value is -2.74. The summed E-state index contributed by atoms with van der Waals surface area (Å²) in [7, 11) is 0. The number of hydrogen-bond acceptors (Lipinski definition) is 3. The molecule has 0 aliphatic carbocycles. The highest BCUT2D eigenvalue weighted by atomic mass is 35.5. The Bertz CT molecular complexity index is 1060. The lowest BCUT2D eigenvalue weighted by Gasteiger charge is -2.21. The predicted octanol–water partition coefficient (Wildman–Crippen LogP) is 5.29. The molecule has 2 aromatic carbocycles. The Morgan fingerprint density at radius 1 is 0.971 bits per heavy atom. The minimum Gasteiger partial charge on any atom is -0.380 e. The summed E-state index contributed by atoms with van der Waals surface area (Å²) in [5, 5.41) is 6.77. The molecule has 0 saturated heterocycles. The number of nitrogens with one attached hydrogen (secondary N) is 2. The fourth-order valence-electron chi connectivity index (χ4n) is 4.12. The smallest absolute Gasteiger partial charge is 0.380 e. The van der Waals surface area contributed by atoms with Gasteiger partial charge in [0.25, 0.3) is 0 Å². The number of benzene rings is 2. The number of hydrogen-bond donors (Lipinski definition) is 2. The third-order valence-electron chi connectivity index (χ3n) is 5.82. The summed E-state index contributed by atoms with van der Waals surface area (Å²) >= 11 is 6.43. The summed E-state index contributed by atoms with van der Waals surface area (Å²) in [6, 6.07) is 11.5. The summed E-state index contributed by atoms with van der Waals surface area (Å²) in [6.45, 7) is 6.32. The Labute approximate surface area is 209 Å². The first-order valence-electron chi connectivity index (χ1n) is 11.6. The van der Waals surface area contributed by atoms with Gasteiger partial charge in [0, 0.05) is 31.6 Å². The summed E-state index contributed by atoms with van der Waals surface area (Å²) in [6.07, 6.45) is -3.21. The van der Waals surface area contributed by atoms with Gasteiger partial charge in [0.05, 0.1) is 10.7 Å². The van der Waals surface area contributed by atoms with Crippen molar-refractivity contribution in [2.24, 2.45) is 0 Å². The Kier molecular flexibility index (Phi) is 8.36. The number of alkyl halides is 3. The lowest BCUT2D eigenvalue weighted by atomic mass is 10.0. The summed E-state index contributed by atoms with van der Waals surface area (Å²) in [4.78, 5) is 24.6. The van der Waals surface area contributed by atoms with Crippen molar-refractivity contribution in [1.82, 2.24) is 10.2 Å². The first-order chi connectivity index (χ1) is 16.3. The van der Waals surface area contributed by atoms with E-state index in [-0.39, 0.29) is 31.0 Å². The lowest BCUT2D eigenvalue weighted by molar-refractivity contribution is -0.185. The maximum Gasteiger partial charge on any atom is 0.471 e. The van der Waals surface area contributed by atoms with Crippen LogP contribution in [0.25, 0.3) is 0 Å². The highest BCUT2D eigenvalue weighted by Crippen LogP contribution is 2.32. The van der Waals surface area contributed by atoms with E-state index in [1.54, 1.807) is 6.07 Å². The van der Waals surface area contributed by atoms with Crippen molar-refractivity contribution in [2.75, 3.05) is 18.4 Å². The summed E-state index contributed by atoms with van der Waals surface area (Å²) in [5.41, 5.74) is 4.22. The van der Waals surface area contributed by atoms with Gasteiger partial charge in [-0.15, -0.1) is 0 Å². The van der Waals surface area contributed by atoms with Gasteiger partial charge in [-0.05, 0) is 68.4 Å². The van der Waals surface area contributed by atoms with Crippen molar-refractivity contribution in [3.8, 4) is 0 Å². The zero-order valence-electron chi connectivity index (χ0n) is 20.2. The van der Waals surface area contributed by atoms with E-state index in [4.69, 9.17) is 11.6 Å². The quantitative estimate of drug-likeness (QED) is 0.556. The van der Waals surface area contributed by atoms with E-state index in [0.29, 0.717) is 36.5 Å². The third kappa shape index (κ3) is 7.62. The highest BCUT2D eigenvalue weighted by molar-refractivity contribution is 6.33. The maximum atomic E-state index is 12.9. The predicted molar refractivity (Wildman–Crippen MR) is 131 cm³/mol. The minimum atomic E-state index is -4.88. The first-order valence-corrected chi connectivity index (χ1v) is 12.0. The SMILES string of the molecule is CC(C)(C)NC(=O)CCc1ccc(CNc2c(Cl)ccc3c2CCN(C(=O)C(F)(F)F)CC3)cc1. The number of carbonyl (C=O) groups excluding carboxylic acids is 2. The minimum absolute atomic E-state index is 0.0122. The number of nitrogens with zero attached hydrogens (tertiary/aromatic N) is 1. The van der Waals surface area contributed by atoms with E-state index in [1.165, 1.54) is 0 Å². The van der Waals surface area contributed by atoms with E-state index >= 15 is 0 Å². The van der Waals surface area contributed by atoms with Crippen molar-refractivity contribution in [2.45, 2.75) is 64.7 Å². The van der Waals surface area contributed by atoms with Crippen molar-refractivity contribution >= 4 is 29.1 Å². The molecule has 2 aromatic rings. The number of amides is 2. The van der Waals surface area contributed by atoms with E-state index in [1.807, 2.05) is 51.1 Å². The maximum absolute atomic E-state index is 12.9. The molecule has 1 aliphatic rings. The molecule has 2 N–H and O–H groups in total. The molecule has 3 rings (SSSR count). The second-order valence-electron chi connectivity index (χ2n) is 9.82. The second-order valence-corrected chi connectivity index (χ2v) is 10.2. The average Bonchev–Trinajstić information content (AvgIpc) is 2.98. The molecule has 0 spiro atoms. The monoisotopic (exact) mass is 509 g/mol. The largest absolute Gasteiger partial charge is 0.471 e. The Balaban J connectivity index is 1.62. The van der Waals surface area contributed by atoms with E-state index in [0.717, 1.165) is 27.2 Å². The molecule has 0 bridgehead atoms. The Morgan fingerprint density at radius 3 is 2.23 bits per heavy atom. The van der Waals surface area contributed by atoms with Crippen LogP contribution in [0, 0.1) is 0 Å². The first kappa shape index (κ1) is 26.9. The normalized spacial score (nSPS) is 14.2. The summed E-state index contributed by atoms with van der Waals surface area (Å²) < 4.78 is 38.7. The fourth-order valence-corrected chi connectivity index (χ4v) is 4.37. The van der Waals surface area contributed by atoms with E-state index in [9.17, 15) is 22.8 Å². The molecular weight excluding hydrogens is 479 g/mol. The van der Waals surface area contributed by atoms with Crippen LogP contribution >= 0.6 is 11.6 Å². The zero-order chi connectivity index (χ0) is 25.8. The molecule has 0 radical (unpaired) electrons. The van der Waals surface area contributed by atoms with Crippen LogP contribution in [0.1, 0.15) is 49.4 Å². The Morgan fingerprint density at radius 2 is 1.60 bits per heavy atom. The number of anilines is 1. The highest BCUT2D eigenvalue weighted by Gasteiger charge is 2.42. The fraction of sp³-hybridized carbons (Fsp3) is 0.462. The molecular formula is C26H31ClF3N3O2. The van der Waals surface area contributed by atoms with Gasteiger partial charge in [0.2, 0.25) is 5.91 Å². The molecule has 190 valence electrons. The number of aryl methyl sites for hydroxylation is 1. The van der Waals surface area contributed by atoms with E-state index < -0.39 is 12.1 Å². The topological polar surface area (TPSA) is 61.4 Å². The average molecular weight is 510 g/mol. The van der Waals surface area contributed by atoms with Crippen molar-refractivity contribution in [3.05, 3.63) is 63.7 Å². The molecule has 0 unspecified atom stereocenters. The number of carbonyl (C=O) groups is 2. The second kappa shape index (κ2) is 10.9. The molecule has 9 heteroatoms. The van der Waals surface area contributed by atoms with Crippen LogP contribution in [0.2, 0.25) is 5.02 Å². The van der Waals surface area contributed by atoms with Crippen LogP contribution in [-0.2, 0) is 35.4 Å². The molecule has 35 heavy (non-hydrogen) atoms. The summed E-state index contributed by atoms with van der Waals surface area (Å²) in [5.74, 6) is -1.79. The van der Waals surface area contributed by atoms with Gasteiger partial charge in [-0.1, -0.05) is 41.9 Å². The van der Waals surface area contributed by atoms with Crippen LogP contribution in [0.5, 0.6) is 0 Å².